The number of carbonyl (C=O) groups excluding carboxylic acids is 2. The Bertz CT molecular complexity index is 869. The van der Waals surface area contributed by atoms with Crippen molar-refractivity contribution in [2.45, 2.75) is 25.8 Å². The van der Waals surface area contributed by atoms with Crippen LogP contribution in [-0.2, 0) is 17.6 Å². The van der Waals surface area contributed by atoms with Gasteiger partial charge in [0.15, 0.2) is 0 Å². The van der Waals surface area contributed by atoms with E-state index in [1.54, 1.807) is 34.1 Å². The minimum atomic E-state index is -0.265. The molecule has 5 nitrogen and oxygen atoms in total. The van der Waals surface area contributed by atoms with Crippen LogP contribution >= 0.6 is 11.6 Å². The maximum absolute atomic E-state index is 13.8. The topological polar surface area (TPSA) is 52.7 Å². The van der Waals surface area contributed by atoms with Crippen molar-refractivity contribution in [3.8, 4) is 0 Å². The molecule has 2 aromatic rings. The van der Waals surface area contributed by atoms with Crippen molar-refractivity contribution in [2.24, 2.45) is 0 Å². The summed E-state index contributed by atoms with van der Waals surface area (Å²) in [6.45, 7) is 3.75. The first-order valence-corrected chi connectivity index (χ1v) is 10.1. The molecule has 0 radical (unpaired) electrons. The number of hydrogen-bond acceptors (Lipinski definition) is 2. The van der Waals surface area contributed by atoms with Gasteiger partial charge in [0.25, 0.3) is 0 Å². The van der Waals surface area contributed by atoms with Crippen LogP contribution in [0.15, 0.2) is 48.5 Å². The van der Waals surface area contributed by atoms with Gasteiger partial charge in [-0.25, -0.2) is 9.18 Å². The lowest BCUT2D eigenvalue weighted by Crippen LogP contribution is -2.54. The van der Waals surface area contributed by atoms with Crippen LogP contribution in [0.4, 0.5) is 9.18 Å². The summed E-state index contributed by atoms with van der Waals surface area (Å²) in [7, 11) is 0. The quantitative estimate of drug-likeness (QED) is 0.809. The van der Waals surface area contributed by atoms with E-state index in [-0.39, 0.29) is 30.2 Å². The minimum Gasteiger partial charge on any atom is -0.339 e. The highest BCUT2D eigenvalue weighted by Gasteiger charge is 2.25. The second-order valence-corrected chi connectivity index (χ2v) is 7.69. The largest absolute Gasteiger partial charge is 0.339 e. The molecular weight excluding hydrogens is 393 g/mol. The van der Waals surface area contributed by atoms with Crippen LogP contribution in [-0.4, -0.2) is 54.0 Å². The molecule has 0 spiro atoms. The molecular formula is C22H25ClFN3O2. The van der Waals surface area contributed by atoms with Gasteiger partial charge < -0.3 is 15.1 Å². The van der Waals surface area contributed by atoms with Gasteiger partial charge in [-0.2, -0.15) is 0 Å². The van der Waals surface area contributed by atoms with Crippen molar-refractivity contribution in [2.75, 3.05) is 26.2 Å². The molecule has 0 saturated carbocycles. The van der Waals surface area contributed by atoms with E-state index in [1.165, 1.54) is 6.07 Å². The molecule has 2 aromatic carbocycles. The number of piperazine rings is 1. The number of benzene rings is 2. The van der Waals surface area contributed by atoms with E-state index >= 15 is 0 Å². The van der Waals surface area contributed by atoms with Crippen LogP contribution in [0.25, 0.3) is 0 Å². The summed E-state index contributed by atoms with van der Waals surface area (Å²) in [5, 5.41) is 3.50. The van der Waals surface area contributed by atoms with Crippen LogP contribution in [0.5, 0.6) is 0 Å². The SMILES string of the molecule is CC(Cc1ccccc1F)NC(=O)N1CCN(C(=O)Cc2ccccc2Cl)CC1. The van der Waals surface area contributed by atoms with E-state index in [0.29, 0.717) is 43.2 Å². The highest BCUT2D eigenvalue weighted by atomic mass is 35.5. The summed E-state index contributed by atoms with van der Waals surface area (Å²) in [4.78, 5) is 28.5. The van der Waals surface area contributed by atoms with Gasteiger partial charge in [-0.1, -0.05) is 48.0 Å². The van der Waals surface area contributed by atoms with Crippen molar-refractivity contribution >= 4 is 23.5 Å². The fourth-order valence-corrected chi connectivity index (χ4v) is 3.62. The van der Waals surface area contributed by atoms with Crippen molar-refractivity contribution in [3.05, 3.63) is 70.5 Å². The van der Waals surface area contributed by atoms with Gasteiger partial charge in [0, 0.05) is 37.2 Å². The van der Waals surface area contributed by atoms with E-state index < -0.39 is 0 Å². The molecule has 1 heterocycles. The molecule has 7 heteroatoms. The third-order valence-electron chi connectivity index (χ3n) is 5.07. The van der Waals surface area contributed by atoms with Crippen LogP contribution in [0, 0.1) is 5.82 Å². The predicted molar refractivity (Wildman–Crippen MR) is 111 cm³/mol. The Labute approximate surface area is 175 Å². The first kappa shape index (κ1) is 21.1. The Morgan fingerprint density at radius 1 is 1.00 bits per heavy atom. The third kappa shape index (κ3) is 5.70. The van der Waals surface area contributed by atoms with E-state index in [9.17, 15) is 14.0 Å². The molecule has 0 bridgehead atoms. The minimum absolute atomic E-state index is 0.00563. The molecule has 3 amide bonds. The number of urea groups is 1. The first-order valence-electron chi connectivity index (χ1n) is 9.74. The lowest BCUT2D eigenvalue weighted by molar-refractivity contribution is -0.131. The van der Waals surface area contributed by atoms with Crippen LogP contribution in [0.1, 0.15) is 18.1 Å². The van der Waals surface area contributed by atoms with E-state index in [2.05, 4.69) is 5.32 Å². The van der Waals surface area contributed by atoms with Gasteiger partial charge in [-0.05, 0) is 36.6 Å². The molecule has 1 fully saturated rings. The lowest BCUT2D eigenvalue weighted by atomic mass is 10.1. The van der Waals surface area contributed by atoms with Crippen molar-refractivity contribution < 1.29 is 14.0 Å². The molecule has 1 atom stereocenters. The number of amides is 3. The normalized spacial score (nSPS) is 15.1. The van der Waals surface area contributed by atoms with E-state index in [0.717, 1.165) is 5.56 Å². The average molecular weight is 418 g/mol. The number of nitrogens with zero attached hydrogens (tertiary/aromatic N) is 2. The van der Waals surface area contributed by atoms with Gasteiger partial charge in [-0.3, -0.25) is 4.79 Å². The second kappa shape index (κ2) is 9.74. The van der Waals surface area contributed by atoms with Gasteiger partial charge in [0.1, 0.15) is 5.82 Å². The standard InChI is InChI=1S/C22H25ClFN3O2/c1-16(14-18-7-3-5-9-20(18)24)25-22(29)27-12-10-26(11-13-27)21(28)15-17-6-2-4-8-19(17)23/h2-9,16H,10-15H2,1H3,(H,25,29). The molecule has 1 unspecified atom stereocenters. The van der Waals surface area contributed by atoms with Crippen LogP contribution in [0.2, 0.25) is 5.02 Å². The predicted octanol–water partition coefficient (Wildman–Crippen LogP) is 3.51. The zero-order valence-corrected chi connectivity index (χ0v) is 17.2. The third-order valence-corrected chi connectivity index (χ3v) is 5.44. The van der Waals surface area contributed by atoms with Crippen molar-refractivity contribution in [3.63, 3.8) is 0 Å². The second-order valence-electron chi connectivity index (χ2n) is 7.28. The molecule has 1 saturated heterocycles. The Balaban J connectivity index is 1.46. The highest BCUT2D eigenvalue weighted by molar-refractivity contribution is 6.31. The lowest BCUT2D eigenvalue weighted by Gasteiger charge is -2.35. The Morgan fingerprint density at radius 2 is 1.59 bits per heavy atom. The zero-order chi connectivity index (χ0) is 20.8. The molecule has 0 aliphatic carbocycles. The first-order chi connectivity index (χ1) is 13.9. The fourth-order valence-electron chi connectivity index (χ4n) is 3.42. The monoisotopic (exact) mass is 417 g/mol. The van der Waals surface area contributed by atoms with Crippen molar-refractivity contribution in [1.29, 1.82) is 0 Å². The van der Waals surface area contributed by atoms with E-state index in [1.807, 2.05) is 25.1 Å². The summed E-state index contributed by atoms with van der Waals surface area (Å²) in [5.41, 5.74) is 1.39. The average Bonchev–Trinajstić information content (AvgIpc) is 2.71. The summed E-state index contributed by atoms with van der Waals surface area (Å²) >= 11 is 6.13. The molecule has 3 rings (SSSR count). The summed E-state index contributed by atoms with van der Waals surface area (Å²) in [6.07, 6.45) is 0.681. The summed E-state index contributed by atoms with van der Waals surface area (Å²) in [6, 6.07) is 13.5. The fraction of sp³-hybridized carbons (Fsp3) is 0.364. The smallest absolute Gasteiger partial charge is 0.317 e. The van der Waals surface area contributed by atoms with Gasteiger partial charge >= 0.3 is 6.03 Å². The molecule has 29 heavy (non-hydrogen) atoms. The molecule has 1 aliphatic heterocycles. The number of nitrogens with one attached hydrogen (secondary N) is 1. The van der Waals surface area contributed by atoms with Crippen molar-refractivity contribution in [1.82, 2.24) is 15.1 Å². The molecule has 1 aliphatic rings. The summed E-state index contributed by atoms with van der Waals surface area (Å²) in [5.74, 6) is -0.259. The highest BCUT2D eigenvalue weighted by Crippen LogP contribution is 2.17. The molecule has 0 aromatic heterocycles. The maximum atomic E-state index is 13.8. The number of rotatable bonds is 5. The van der Waals surface area contributed by atoms with Gasteiger partial charge in [0.2, 0.25) is 5.91 Å². The number of carbonyl (C=O) groups is 2. The Morgan fingerprint density at radius 3 is 2.24 bits per heavy atom. The van der Waals surface area contributed by atoms with Gasteiger partial charge in [0.05, 0.1) is 6.42 Å². The van der Waals surface area contributed by atoms with Crippen LogP contribution in [0.3, 0.4) is 0 Å². The number of hydrogen-bond donors (Lipinski definition) is 1. The van der Waals surface area contributed by atoms with E-state index in [4.69, 9.17) is 11.6 Å². The maximum Gasteiger partial charge on any atom is 0.317 e. The Hall–Kier alpha value is -2.60. The van der Waals surface area contributed by atoms with Gasteiger partial charge in [-0.15, -0.1) is 0 Å². The molecule has 1 N–H and O–H groups in total. The summed E-state index contributed by atoms with van der Waals surface area (Å²) < 4.78 is 13.8. The number of halogens is 2. The molecule has 154 valence electrons. The van der Waals surface area contributed by atoms with Crippen LogP contribution < -0.4 is 5.32 Å². The zero-order valence-electron chi connectivity index (χ0n) is 16.4. The Kier molecular flexibility index (Phi) is 7.09.